The molecule has 1 aliphatic carbocycles. The molecule has 0 bridgehead atoms. The zero-order valence-corrected chi connectivity index (χ0v) is 10.5. The predicted molar refractivity (Wildman–Crippen MR) is 65.7 cm³/mol. The number of halogens is 1. The predicted octanol–water partition coefficient (Wildman–Crippen LogP) is 3.71. The average molecular weight is 241 g/mol. The van der Waals surface area contributed by atoms with Gasteiger partial charge in [0.1, 0.15) is 11.5 Å². The minimum atomic E-state index is 0.0440. The maximum Gasteiger partial charge on any atom is 0.124 e. The van der Waals surface area contributed by atoms with E-state index in [9.17, 15) is 0 Å². The molecule has 2 rings (SSSR count). The molecule has 0 N–H and O–H groups in total. The Balaban J connectivity index is 2.56. The minimum Gasteiger partial charge on any atom is -0.496 e. The second-order valence-corrected chi connectivity index (χ2v) is 4.60. The van der Waals surface area contributed by atoms with Crippen molar-refractivity contribution < 1.29 is 9.47 Å². The fraction of sp³-hybridized carbons (Fsp3) is 0.538. The maximum atomic E-state index is 6.43. The van der Waals surface area contributed by atoms with Crippen molar-refractivity contribution in [3.63, 3.8) is 0 Å². The van der Waals surface area contributed by atoms with Crippen molar-refractivity contribution in [1.29, 1.82) is 0 Å². The van der Waals surface area contributed by atoms with Crippen LogP contribution in [0.3, 0.4) is 0 Å². The maximum absolute atomic E-state index is 6.43. The van der Waals surface area contributed by atoms with Crippen LogP contribution in [-0.4, -0.2) is 14.2 Å². The molecule has 0 saturated carbocycles. The molecule has 0 spiro atoms. The fourth-order valence-electron chi connectivity index (χ4n) is 2.36. The second kappa shape index (κ2) is 4.96. The van der Waals surface area contributed by atoms with Crippen LogP contribution in [0, 0.1) is 0 Å². The van der Waals surface area contributed by atoms with Crippen LogP contribution < -0.4 is 9.47 Å². The molecule has 1 unspecified atom stereocenters. The summed E-state index contributed by atoms with van der Waals surface area (Å²) in [5.41, 5.74) is 2.35. The standard InChI is InChI=1S/C13H17ClO2/c1-15-11-7-8-12(16-2)13-9(11)5-3-4-6-10(13)14/h7-8,10H,3-6H2,1-2H3. The van der Waals surface area contributed by atoms with Crippen LogP contribution in [0.25, 0.3) is 0 Å². The summed E-state index contributed by atoms with van der Waals surface area (Å²) in [6, 6.07) is 3.91. The van der Waals surface area contributed by atoms with E-state index in [0.29, 0.717) is 0 Å². The monoisotopic (exact) mass is 240 g/mol. The van der Waals surface area contributed by atoms with Gasteiger partial charge in [-0.1, -0.05) is 6.42 Å². The van der Waals surface area contributed by atoms with Gasteiger partial charge < -0.3 is 9.47 Å². The Morgan fingerprint density at radius 1 is 1.12 bits per heavy atom. The molecule has 1 aliphatic rings. The third-order valence-electron chi connectivity index (χ3n) is 3.16. The first-order valence-electron chi connectivity index (χ1n) is 5.65. The van der Waals surface area contributed by atoms with Crippen molar-refractivity contribution in [3.05, 3.63) is 23.3 Å². The summed E-state index contributed by atoms with van der Waals surface area (Å²) in [5, 5.41) is 0.0440. The first kappa shape index (κ1) is 11.6. The molecular formula is C13H17ClO2. The number of ether oxygens (including phenoxy) is 2. The average Bonchev–Trinajstić information content (AvgIpc) is 2.51. The largest absolute Gasteiger partial charge is 0.496 e. The van der Waals surface area contributed by atoms with Gasteiger partial charge in [0.05, 0.1) is 19.6 Å². The second-order valence-electron chi connectivity index (χ2n) is 4.08. The third kappa shape index (κ3) is 1.99. The van der Waals surface area contributed by atoms with Crippen LogP contribution in [0.5, 0.6) is 11.5 Å². The van der Waals surface area contributed by atoms with Crippen LogP contribution in [0.15, 0.2) is 12.1 Å². The van der Waals surface area contributed by atoms with Crippen molar-refractivity contribution in [3.8, 4) is 11.5 Å². The summed E-state index contributed by atoms with van der Waals surface area (Å²) < 4.78 is 10.8. The lowest BCUT2D eigenvalue weighted by atomic mass is 10.0. The number of rotatable bonds is 2. The number of hydrogen-bond acceptors (Lipinski definition) is 2. The molecule has 0 aromatic heterocycles. The van der Waals surface area contributed by atoms with Gasteiger partial charge >= 0.3 is 0 Å². The van der Waals surface area contributed by atoms with Gasteiger partial charge in [-0.25, -0.2) is 0 Å². The Kier molecular flexibility index (Phi) is 3.59. The van der Waals surface area contributed by atoms with Crippen molar-refractivity contribution >= 4 is 11.6 Å². The van der Waals surface area contributed by atoms with E-state index in [2.05, 4.69) is 0 Å². The van der Waals surface area contributed by atoms with Crippen molar-refractivity contribution in [2.75, 3.05) is 14.2 Å². The van der Waals surface area contributed by atoms with Gasteiger partial charge in [-0.2, -0.15) is 0 Å². The fourth-order valence-corrected chi connectivity index (χ4v) is 2.76. The first-order valence-corrected chi connectivity index (χ1v) is 6.09. The van der Waals surface area contributed by atoms with Gasteiger partial charge in [0.15, 0.2) is 0 Å². The topological polar surface area (TPSA) is 18.5 Å². The number of hydrogen-bond donors (Lipinski definition) is 0. The molecule has 88 valence electrons. The highest BCUT2D eigenvalue weighted by Crippen LogP contribution is 2.42. The summed E-state index contributed by atoms with van der Waals surface area (Å²) in [5.74, 6) is 1.82. The van der Waals surface area contributed by atoms with E-state index in [1.54, 1.807) is 14.2 Å². The SMILES string of the molecule is COc1ccc(OC)c2c1CCCCC2Cl. The van der Waals surface area contributed by atoms with Gasteiger partial charge in [-0.05, 0) is 31.4 Å². The van der Waals surface area contributed by atoms with E-state index in [0.717, 1.165) is 36.3 Å². The van der Waals surface area contributed by atoms with Crippen LogP contribution in [0.1, 0.15) is 35.8 Å². The van der Waals surface area contributed by atoms with Crippen molar-refractivity contribution in [1.82, 2.24) is 0 Å². The van der Waals surface area contributed by atoms with E-state index in [1.807, 2.05) is 12.1 Å². The normalized spacial score (nSPS) is 19.8. The summed E-state index contributed by atoms with van der Waals surface area (Å²) in [6.45, 7) is 0. The Bertz CT molecular complexity index is 376. The lowest BCUT2D eigenvalue weighted by molar-refractivity contribution is 0.394. The van der Waals surface area contributed by atoms with E-state index in [4.69, 9.17) is 21.1 Å². The summed E-state index contributed by atoms with van der Waals surface area (Å²) in [7, 11) is 3.40. The Hall–Kier alpha value is -0.890. The molecule has 0 saturated heterocycles. The molecule has 0 heterocycles. The van der Waals surface area contributed by atoms with E-state index in [-0.39, 0.29) is 5.38 Å². The first-order chi connectivity index (χ1) is 7.77. The van der Waals surface area contributed by atoms with Crippen LogP contribution in [-0.2, 0) is 6.42 Å². The summed E-state index contributed by atoms with van der Waals surface area (Å²) in [6.07, 6.45) is 4.37. The summed E-state index contributed by atoms with van der Waals surface area (Å²) in [4.78, 5) is 0. The molecule has 2 nitrogen and oxygen atoms in total. The summed E-state index contributed by atoms with van der Waals surface area (Å²) >= 11 is 6.43. The quantitative estimate of drug-likeness (QED) is 0.580. The van der Waals surface area contributed by atoms with Crippen LogP contribution in [0.4, 0.5) is 0 Å². The number of fused-ring (bicyclic) bond motifs is 1. The number of benzene rings is 1. The van der Waals surface area contributed by atoms with Crippen LogP contribution >= 0.6 is 11.6 Å². The molecule has 0 amide bonds. The van der Waals surface area contributed by atoms with E-state index >= 15 is 0 Å². The highest BCUT2D eigenvalue weighted by molar-refractivity contribution is 6.21. The molecule has 1 atom stereocenters. The van der Waals surface area contributed by atoms with Gasteiger partial charge in [-0.3, -0.25) is 0 Å². The molecule has 0 aliphatic heterocycles. The molecule has 1 aromatic carbocycles. The molecule has 0 fully saturated rings. The Morgan fingerprint density at radius 3 is 2.50 bits per heavy atom. The zero-order valence-electron chi connectivity index (χ0n) is 9.75. The van der Waals surface area contributed by atoms with E-state index < -0.39 is 0 Å². The van der Waals surface area contributed by atoms with Gasteiger partial charge in [0.25, 0.3) is 0 Å². The van der Waals surface area contributed by atoms with Gasteiger partial charge in [0, 0.05) is 11.1 Å². The number of alkyl halides is 1. The lowest BCUT2D eigenvalue weighted by Crippen LogP contribution is -2.01. The molecule has 16 heavy (non-hydrogen) atoms. The van der Waals surface area contributed by atoms with E-state index in [1.165, 1.54) is 12.0 Å². The zero-order chi connectivity index (χ0) is 11.5. The Labute approximate surface area is 102 Å². The van der Waals surface area contributed by atoms with Crippen LogP contribution in [0.2, 0.25) is 0 Å². The highest BCUT2D eigenvalue weighted by Gasteiger charge is 2.23. The van der Waals surface area contributed by atoms with Crippen molar-refractivity contribution in [2.45, 2.75) is 31.1 Å². The third-order valence-corrected chi connectivity index (χ3v) is 3.60. The molecule has 1 aromatic rings. The smallest absolute Gasteiger partial charge is 0.124 e. The van der Waals surface area contributed by atoms with Gasteiger partial charge in [0.2, 0.25) is 0 Å². The Morgan fingerprint density at radius 2 is 1.81 bits per heavy atom. The molecular weight excluding hydrogens is 224 g/mol. The lowest BCUT2D eigenvalue weighted by Gasteiger charge is -2.17. The highest BCUT2D eigenvalue weighted by atomic mass is 35.5. The molecule has 3 heteroatoms. The minimum absolute atomic E-state index is 0.0440. The van der Waals surface area contributed by atoms with Crippen molar-refractivity contribution in [2.24, 2.45) is 0 Å². The molecule has 0 radical (unpaired) electrons. The number of methoxy groups -OCH3 is 2. The van der Waals surface area contributed by atoms with Gasteiger partial charge in [-0.15, -0.1) is 11.6 Å².